The number of aromatic nitrogens is 1. The molecule has 0 unspecified atom stereocenters. The maximum absolute atomic E-state index is 11.7. The lowest BCUT2D eigenvalue weighted by atomic mass is 10.0. The zero-order valence-corrected chi connectivity index (χ0v) is 7.87. The van der Waals surface area contributed by atoms with Gasteiger partial charge in [0.25, 0.3) is 5.91 Å². The average molecular weight is 176 g/mol. The van der Waals surface area contributed by atoms with E-state index in [0.29, 0.717) is 0 Å². The van der Waals surface area contributed by atoms with Crippen molar-refractivity contribution in [2.24, 2.45) is 0 Å². The van der Waals surface area contributed by atoms with Crippen LogP contribution in [0.4, 0.5) is 0 Å². The second kappa shape index (κ2) is 2.83. The highest BCUT2D eigenvalue weighted by molar-refractivity contribution is 5.96. The van der Waals surface area contributed by atoms with Gasteiger partial charge in [-0.15, -0.1) is 0 Å². The molecule has 0 aliphatic carbocycles. The Morgan fingerprint density at radius 3 is 3.08 bits per heavy atom. The lowest BCUT2D eigenvalue weighted by molar-refractivity contribution is 0.0779. The van der Waals surface area contributed by atoms with Gasteiger partial charge in [-0.25, -0.2) is 0 Å². The summed E-state index contributed by atoms with van der Waals surface area (Å²) < 4.78 is 0. The maximum atomic E-state index is 11.7. The van der Waals surface area contributed by atoms with Gasteiger partial charge in [-0.05, 0) is 18.6 Å². The first kappa shape index (κ1) is 8.23. The summed E-state index contributed by atoms with van der Waals surface area (Å²) in [5.41, 5.74) is 2.75. The molecule has 2 heterocycles. The van der Waals surface area contributed by atoms with Crippen LogP contribution in [0.2, 0.25) is 0 Å². The highest BCUT2D eigenvalue weighted by Gasteiger charge is 2.21. The van der Waals surface area contributed by atoms with Gasteiger partial charge in [0, 0.05) is 26.2 Å². The molecule has 1 aliphatic rings. The van der Waals surface area contributed by atoms with E-state index in [2.05, 4.69) is 4.98 Å². The Hall–Kier alpha value is -1.38. The van der Waals surface area contributed by atoms with Gasteiger partial charge in [0.15, 0.2) is 0 Å². The third-order valence-electron chi connectivity index (χ3n) is 2.37. The molecule has 2 rings (SSSR count). The number of nitrogens with zero attached hydrogens (tertiary/aromatic N) is 2. The highest BCUT2D eigenvalue weighted by atomic mass is 16.2. The first-order valence-corrected chi connectivity index (χ1v) is 4.39. The van der Waals surface area contributed by atoms with Gasteiger partial charge in [-0.2, -0.15) is 0 Å². The fourth-order valence-corrected chi connectivity index (χ4v) is 1.56. The molecule has 0 saturated carbocycles. The van der Waals surface area contributed by atoms with Crippen LogP contribution in [-0.2, 0) is 6.42 Å². The van der Waals surface area contributed by atoms with Crippen molar-refractivity contribution in [1.82, 2.24) is 9.88 Å². The van der Waals surface area contributed by atoms with Crippen molar-refractivity contribution in [2.45, 2.75) is 13.3 Å². The van der Waals surface area contributed by atoms with E-state index in [4.69, 9.17) is 0 Å². The predicted octanol–water partition coefficient (Wildman–Crippen LogP) is 1.02. The number of hydrogen-bond acceptors (Lipinski definition) is 2. The molecule has 0 saturated heterocycles. The molecule has 68 valence electrons. The number of pyridine rings is 1. The molecule has 1 aromatic heterocycles. The summed E-state index contributed by atoms with van der Waals surface area (Å²) in [4.78, 5) is 17.7. The number of carbonyl (C=O) groups excluding carboxylic acids is 1. The Bertz CT molecular complexity index is 360. The Labute approximate surface area is 77.4 Å². The van der Waals surface area contributed by atoms with E-state index in [-0.39, 0.29) is 5.91 Å². The van der Waals surface area contributed by atoms with E-state index in [9.17, 15) is 4.79 Å². The second-order valence-corrected chi connectivity index (χ2v) is 3.48. The molecule has 0 N–H and O–H groups in total. The zero-order valence-electron chi connectivity index (χ0n) is 7.87. The normalized spacial score (nSPS) is 15.8. The van der Waals surface area contributed by atoms with Crippen LogP contribution in [0.1, 0.15) is 21.6 Å². The maximum Gasteiger partial charge on any atom is 0.255 e. The monoisotopic (exact) mass is 176 g/mol. The van der Waals surface area contributed by atoms with E-state index in [1.165, 1.54) is 0 Å². The van der Waals surface area contributed by atoms with Gasteiger partial charge in [0.05, 0.1) is 11.3 Å². The number of carbonyl (C=O) groups is 1. The summed E-state index contributed by atoms with van der Waals surface area (Å²) in [6, 6.07) is 1.92. The Morgan fingerprint density at radius 2 is 2.31 bits per heavy atom. The van der Waals surface area contributed by atoms with Crippen molar-refractivity contribution in [2.75, 3.05) is 13.6 Å². The van der Waals surface area contributed by atoms with Crippen LogP contribution in [0.15, 0.2) is 12.3 Å². The summed E-state index contributed by atoms with van der Waals surface area (Å²) in [6.45, 7) is 2.73. The van der Waals surface area contributed by atoms with Crippen molar-refractivity contribution in [3.8, 4) is 0 Å². The van der Waals surface area contributed by atoms with Crippen molar-refractivity contribution >= 4 is 5.91 Å². The van der Waals surface area contributed by atoms with Crippen LogP contribution in [-0.4, -0.2) is 29.4 Å². The SMILES string of the molecule is Cc1cnc2c(c1)C(=O)N(C)CC2. The Kier molecular flexibility index (Phi) is 1.79. The number of amides is 1. The smallest absolute Gasteiger partial charge is 0.255 e. The molecule has 0 fully saturated rings. The summed E-state index contributed by atoms with van der Waals surface area (Å²) in [5.74, 6) is 0.0949. The molecule has 1 aromatic rings. The number of aryl methyl sites for hydroxylation is 1. The molecule has 0 spiro atoms. The molecule has 0 aromatic carbocycles. The van der Waals surface area contributed by atoms with Crippen LogP contribution < -0.4 is 0 Å². The quantitative estimate of drug-likeness (QED) is 0.591. The fraction of sp³-hybridized carbons (Fsp3) is 0.400. The lowest BCUT2D eigenvalue weighted by Gasteiger charge is -2.23. The van der Waals surface area contributed by atoms with Crippen LogP contribution in [0.25, 0.3) is 0 Å². The van der Waals surface area contributed by atoms with Crippen LogP contribution in [0.5, 0.6) is 0 Å². The number of rotatable bonds is 0. The van der Waals surface area contributed by atoms with E-state index >= 15 is 0 Å². The third-order valence-corrected chi connectivity index (χ3v) is 2.37. The summed E-state index contributed by atoms with van der Waals surface area (Å²) in [7, 11) is 1.83. The molecular weight excluding hydrogens is 164 g/mol. The van der Waals surface area contributed by atoms with Crippen LogP contribution in [0, 0.1) is 6.92 Å². The van der Waals surface area contributed by atoms with Gasteiger partial charge in [-0.1, -0.05) is 0 Å². The molecule has 0 atom stereocenters. The van der Waals surface area contributed by atoms with Gasteiger partial charge in [0.2, 0.25) is 0 Å². The number of likely N-dealkylation sites (N-methyl/N-ethyl adjacent to an activating group) is 1. The van der Waals surface area contributed by atoms with Crippen LogP contribution >= 0.6 is 0 Å². The minimum atomic E-state index is 0.0949. The molecule has 0 radical (unpaired) electrons. The van der Waals surface area contributed by atoms with Crippen molar-refractivity contribution in [1.29, 1.82) is 0 Å². The minimum Gasteiger partial charge on any atom is -0.341 e. The standard InChI is InChI=1S/C10H12N2O/c1-7-5-8-9(11-6-7)3-4-12(2)10(8)13/h5-6H,3-4H2,1-2H3. The lowest BCUT2D eigenvalue weighted by Crippen LogP contribution is -2.34. The van der Waals surface area contributed by atoms with Gasteiger partial charge in [0.1, 0.15) is 0 Å². The molecule has 3 heteroatoms. The summed E-state index contributed by atoms with van der Waals surface area (Å²) in [5, 5.41) is 0. The van der Waals surface area contributed by atoms with Crippen molar-refractivity contribution < 1.29 is 4.79 Å². The van der Waals surface area contributed by atoms with Crippen molar-refractivity contribution in [3.05, 3.63) is 29.1 Å². The summed E-state index contributed by atoms with van der Waals surface area (Å²) >= 11 is 0. The fourth-order valence-electron chi connectivity index (χ4n) is 1.56. The van der Waals surface area contributed by atoms with E-state index in [1.807, 2.05) is 26.2 Å². The van der Waals surface area contributed by atoms with Gasteiger partial charge >= 0.3 is 0 Å². The highest BCUT2D eigenvalue weighted by Crippen LogP contribution is 2.16. The number of hydrogen-bond donors (Lipinski definition) is 0. The average Bonchev–Trinajstić information content (AvgIpc) is 2.12. The second-order valence-electron chi connectivity index (χ2n) is 3.48. The Morgan fingerprint density at radius 1 is 1.54 bits per heavy atom. The molecular formula is C10H12N2O. The molecule has 1 aliphatic heterocycles. The van der Waals surface area contributed by atoms with E-state index in [0.717, 1.165) is 29.8 Å². The summed E-state index contributed by atoms with van der Waals surface area (Å²) in [6.07, 6.45) is 2.69. The van der Waals surface area contributed by atoms with E-state index < -0.39 is 0 Å². The minimum absolute atomic E-state index is 0.0949. The molecule has 1 amide bonds. The van der Waals surface area contributed by atoms with E-state index in [1.54, 1.807) is 4.90 Å². The zero-order chi connectivity index (χ0) is 9.42. The molecule has 0 bridgehead atoms. The van der Waals surface area contributed by atoms with Gasteiger partial charge in [-0.3, -0.25) is 9.78 Å². The number of fused-ring (bicyclic) bond motifs is 1. The third kappa shape index (κ3) is 1.30. The predicted molar refractivity (Wildman–Crippen MR) is 49.6 cm³/mol. The largest absolute Gasteiger partial charge is 0.341 e. The topological polar surface area (TPSA) is 33.2 Å². The van der Waals surface area contributed by atoms with Gasteiger partial charge < -0.3 is 4.90 Å². The first-order chi connectivity index (χ1) is 6.18. The molecule has 13 heavy (non-hydrogen) atoms. The van der Waals surface area contributed by atoms with Crippen LogP contribution in [0.3, 0.4) is 0 Å². The van der Waals surface area contributed by atoms with Crippen molar-refractivity contribution in [3.63, 3.8) is 0 Å². The molecule has 3 nitrogen and oxygen atoms in total. The first-order valence-electron chi connectivity index (χ1n) is 4.39. The Balaban J connectivity index is 2.51.